The molecule has 0 radical (unpaired) electrons. The lowest BCUT2D eigenvalue weighted by molar-refractivity contribution is -0.131. The van der Waals surface area contributed by atoms with Gasteiger partial charge in [-0.05, 0) is 42.6 Å². The van der Waals surface area contributed by atoms with Crippen molar-refractivity contribution in [3.8, 4) is 0 Å². The van der Waals surface area contributed by atoms with E-state index in [4.69, 9.17) is 5.11 Å². The molecule has 4 nitrogen and oxygen atoms in total. The van der Waals surface area contributed by atoms with Gasteiger partial charge >= 0.3 is 5.97 Å². The zero-order valence-corrected chi connectivity index (χ0v) is 14.2. The van der Waals surface area contributed by atoms with Gasteiger partial charge in [-0.15, -0.1) is 0 Å². The first-order valence-corrected chi connectivity index (χ1v) is 7.49. The summed E-state index contributed by atoms with van der Waals surface area (Å²) < 4.78 is 0. The molecule has 0 bridgehead atoms. The van der Waals surface area contributed by atoms with E-state index in [9.17, 15) is 14.7 Å². The zero-order valence-electron chi connectivity index (χ0n) is 14.2. The molecule has 1 rings (SSSR count). The van der Waals surface area contributed by atoms with Crippen molar-refractivity contribution in [3.05, 3.63) is 34.9 Å². The number of aliphatic carboxylic acids is 1. The fraction of sp³-hybridized carbons (Fsp3) is 0.556. The van der Waals surface area contributed by atoms with Gasteiger partial charge in [-0.3, -0.25) is 4.79 Å². The number of hydrogen-bond acceptors (Lipinski definition) is 3. The predicted molar refractivity (Wildman–Crippen MR) is 86.4 cm³/mol. The first kappa shape index (κ1) is 18.4. The number of carbonyl (C=O) groups is 2. The minimum Gasteiger partial charge on any atom is -0.478 e. The van der Waals surface area contributed by atoms with Crippen LogP contribution in [-0.2, 0) is 9.59 Å². The Labute approximate surface area is 132 Å². The molecule has 2 N–H and O–H groups in total. The Balaban J connectivity index is 3.41. The summed E-state index contributed by atoms with van der Waals surface area (Å²) in [5.41, 5.74) is -0.0530. The molecule has 1 unspecified atom stereocenters. The van der Waals surface area contributed by atoms with Crippen LogP contribution in [0.3, 0.4) is 0 Å². The van der Waals surface area contributed by atoms with E-state index >= 15 is 0 Å². The minimum atomic E-state index is -1.27. The molecular weight excluding hydrogens is 280 g/mol. The van der Waals surface area contributed by atoms with Crippen molar-refractivity contribution in [1.82, 2.24) is 0 Å². The maximum atomic E-state index is 12.4. The van der Waals surface area contributed by atoms with E-state index in [0.29, 0.717) is 16.7 Å². The number of aliphatic hydroxyl groups is 1. The molecule has 0 saturated carbocycles. The molecule has 0 fully saturated rings. The average molecular weight is 306 g/mol. The number of carbonyl (C=O) groups excluding carboxylic acids is 1. The summed E-state index contributed by atoms with van der Waals surface area (Å²) in [5.74, 6) is -0.907. The van der Waals surface area contributed by atoms with Gasteiger partial charge in [0.15, 0.2) is 5.78 Å². The summed E-state index contributed by atoms with van der Waals surface area (Å²) in [6.07, 6.45) is 4.57. The van der Waals surface area contributed by atoms with Gasteiger partial charge in [-0.1, -0.05) is 33.8 Å². The third-order valence-corrected chi connectivity index (χ3v) is 4.43. The highest BCUT2D eigenvalue weighted by Gasteiger charge is 2.49. The molecule has 0 aliphatic heterocycles. The fourth-order valence-electron chi connectivity index (χ4n) is 3.15. The average Bonchev–Trinajstić information content (AvgIpc) is 2.32. The summed E-state index contributed by atoms with van der Waals surface area (Å²) in [5, 5.41) is 20.0. The van der Waals surface area contributed by atoms with Gasteiger partial charge in [0.05, 0.1) is 0 Å². The normalized spacial score (nSPS) is 26.2. The van der Waals surface area contributed by atoms with Crippen molar-refractivity contribution in [3.63, 3.8) is 0 Å². The minimum absolute atomic E-state index is 0.0409. The second kappa shape index (κ2) is 6.21. The maximum absolute atomic E-state index is 12.4. The van der Waals surface area contributed by atoms with Crippen molar-refractivity contribution in [1.29, 1.82) is 0 Å². The lowest BCUT2D eigenvalue weighted by Gasteiger charge is -2.46. The molecule has 122 valence electrons. The van der Waals surface area contributed by atoms with Crippen LogP contribution in [0.1, 0.15) is 48.0 Å². The van der Waals surface area contributed by atoms with Crippen molar-refractivity contribution >= 4 is 11.8 Å². The number of ketones is 1. The number of carboxylic acid groups (broad SMARTS) is 1. The highest BCUT2D eigenvalue weighted by atomic mass is 16.4. The van der Waals surface area contributed by atoms with Gasteiger partial charge in [0.25, 0.3) is 0 Å². The quantitative estimate of drug-likeness (QED) is 0.617. The Morgan fingerprint density at radius 1 is 1.32 bits per heavy atom. The second-order valence-electron chi connectivity index (χ2n) is 7.00. The Morgan fingerprint density at radius 3 is 2.32 bits per heavy atom. The molecule has 0 amide bonds. The predicted octanol–water partition coefficient (Wildman–Crippen LogP) is 3.28. The molecule has 0 aromatic rings. The Bertz CT molecular complexity index is 576. The van der Waals surface area contributed by atoms with Crippen LogP contribution in [0.4, 0.5) is 0 Å². The van der Waals surface area contributed by atoms with Crippen molar-refractivity contribution < 1.29 is 19.8 Å². The van der Waals surface area contributed by atoms with E-state index < -0.39 is 17.0 Å². The Morgan fingerprint density at radius 2 is 1.86 bits per heavy atom. The summed E-state index contributed by atoms with van der Waals surface area (Å²) in [6, 6.07) is 0. The summed E-state index contributed by atoms with van der Waals surface area (Å²) in [6.45, 7) is 11.0. The molecule has 22 heavy (non-hydrogen) atoms. The largest absolute Gasteiger partial charge is 0.478 e. The summed E-state index contributed by atoms with van der Waals surface area (Å²) in [7, 11) is 0. The highest BCUT2D eigenvalue weighted by molar-refractivity contribution is 5.98. The van der Waals surface area contributed by atoms with Crippen LogP contribution in [0.2, 0.25) is 0 Å². The standard InChI is InChI=1S/C18H26O4/c1-11(2)16-13(4)18(22,17(5,6)10-14(16)19)8-7-12(3)9-15(20)21/h7-9,11,22H,10H2,1-6H3,(H,20,21). The molecule has 0 spiro atoms. The van der Waals surface area contributed by atoms with Gasteiger partial charge in [0.2, 0.25) is 0 Å². The van der Waals surface area contributed by atoms with Gasteiger partial charge in [0.1, 0.15) is 5.60 Å². The smallest absolute Gasteiger partial charge is 0.328 e. The fourth-order valence-corrected chi connectivity index (χ4v) is 3.15. The molecular formula is C18H26O4. The number of Topliss-reactive ketones (excluding diaryl/α,β-unsaturated/α-hetero) is 1. The monoisotopic (exact) mass is 306 g/mol. The second-order valence-corrected chi connectivity index (χ2v) is 7.00. The Hall–Kier alpha value is -1.68. The third-order valence-electron chi connectivity index (χ3n) is 4.43. The lowest BCUT2D eigenvalue weighted by Crippen LogP contribution is -2.50. The van der Waals surface area contributed by atoms with Crippen LogP contribution in [0.25, 0.3) is 0 Å². The molecule has 0 heterocycles. The molecule has 0 saturated heterocycles. The SMILES string of the molecule is CC(C=CC1(O)C(C)=C(C(C)C)C(=O)CC1(C)C)=CC(=O)O. The molecule has 0 aromatic heterocycles. The van der Waals surface area contributed by atoms with Crippen molar-refractivity contribution in [2.24, 2.45) is 11.3 Å². The number of allylic oxidation sites excluding steroid dienone is 3. The molecule has 4 heteroatoms. The van der Waals surface area contributed by atoms with Gasteiger partial charge < -0.3 is 10.2 Å². The third kappa shape index (κ3) is 3.38. The van der Waals surface area contributed by atoms with Gasteiger partial charge in [-0.2, -0.15) is 0 Å². The lowest BCUT2D eigenvalue weighted by atomic mass is 9.61. The summed E-state index contributed by atoms with van der Waals surface area (Å²) >= 11 is 0. The molecule has 1 aliphatic carbocycles. The van der Waals surface area contributed by atoms with E-state index in [1.54, 1.807) is 26.0 Å². The summed E-state index contributed by atoms with van der Waals surface area (Å²) in [4.78, 5) is 23.0. The van der Waals surface area contributed by atoms with Gasteiger partial charge in [0, 0.05) is 17.9 Å². The van der Waals surface area contributed by atoms with Gasteiger partial charge in [-0.25, -0.2) is 4.79 Å². The molecule has 1 atom stereocenters. The Kier molecular flexibility index (Phi) is 5.18. The number of rotatable bonds is 4. The number of hydrogen-bond donors (Lipinski definition) is 2. The van der Waals surface area contributed by atoms with Crippen LogP contribution in [-0.4, -0.2) is 27.6 Å². The van der Waals surface area contributed by atoms with Crippen molar-refractivity contribution in [2.75, 3.05) is 0 Å². The topological polar surface area (TPSA) is 74.6 Å². The van der Waals surface area contributed by atoms with E-state index in [2.05, 4.69) is 0 Å². The van der Waals surface area contributed by atoms with Crippen molar-refractivity contribution in [2.45, 2.75) is 53.6 Å². The van der Waals surface area contributed by atoms with Crippen LogP contribution in [0.15, 0.2) is 34.9 Å². The first-order chi connectivity index (χ1) is 9.92. The van der Waals surface area contributed by atoms with Crippen LogP contribution >= 0.6 is 0 Å². The molecule has 1 aliphatic rings. The van der Waals surface area contributed by atoms with E-state index in [1.807, 2.05) is 27.7 Å². The van der Waals surface area contributed by atoms with E-state index in [1.165, 1.54) is 0 Å². The first-order valence-electron chi connectivity index (χ1n) is 7.49. The highest BCUT2D eigenvalue weighted by Crippen LogP contribution is 2.47. The maximum Gasteiger partial charge on any atom is 0.328 e. The molecule has 0 aromatic carbocycles. The van der Waals surface area contributed by atoms with Crippen LogP contribution < -0.4 is 0 Å². The van der Waals surface area contributed by atoms with Crippen LogP contribution in [0.5, 0.6) is 0 Å². The number of carboxylic acids is 1. The van der Waals surface area contributed by atoms with Crippen LogP contribution in [0, 0.1) is 11.3 Å². The van der Waals surface area contributed by atoms with E-state index in [-0.39, 0.29) is 18.1 Å². The van der Waals surface area contributed by atoms with E-state index in [0.717, 1.165) is 6.08 Å². The zero-order chi connectivity index (χ0) is 17.3.